The summed E-state index contributed by atoms with van der Waals surface area (Å²) in [5.74, 6) is 0. The summed E-state index contributed by atoms with van der Waals surface area (Å²) in [7, 11) is 0. The fourth-order valence-electron chi connectivity index (χ4n) is 2.89. The average molecular weight is 306 g/mol. The van der Waals surface area contributed by atoms with Gasteiger partial charge in [-0.2, -0.15) is 0 Å². The van der Waals surface area contributed by atoms with E-state index < -0.39 is 0 Å². The van der Waals surface area contributed by atoms with Crippen LogP contribution in [-0.4, -0.2) is 11.5 Å². The van der Waals surface area contributed by atoms with Crippen LogP contribution in [0.1, 0.15) is 52.6 Å². The molecule has 2 nitrogen and oxygen atoms in total. The molecule has 1 atom stereocenters. The molecule has 0 radical (unpaired) electrons. The van der Waals surface area contributed by atoms with E-state index in [1.54, 1.807) is 0 Å². The third-order valence-corrected chi connectivity index (χ3v) is 6.07. The number of aromatic nitrogens is 1. The molecule has 20 heavy (non-hydrogen) atoms. The first-order chi connectivity index (χ1) is 9.69. The smallest absolute Gasteiger partial charge is 0.125 e. The van der Waals surface area contributed by atoms with Crippen molar-refractivity contribution in [1.82, 2.24) is 10.3 Å². The van der Waals surface area contributed by atoms with Gasteiger partial charge < -0.3 is 5.32 Å². The van der Waals surface area contributed by atoms with Crippen LogP contribution in [0.5, 0.6) is 0 Å². The van der Waals surface area contributed by atoms with Crippen molar-refractivity contribution in [1.29, 1.82) is 0 Å². The van der Waals surface area contributed by atoms with Crippen molar-refractivity contribution in [3.63, 3.8) is 0 Å². The number of nitrogens with zero attached hydrogens (tertiary/aromatic N) is 1. The summed E-state index contributed by atoms with van der Waals surface area (Å²) in [6.07, 6.45) is 4.87. The third-order valence-electron chi connectivity index (χ3n) is 3.86. The van der Waals surface area contributed by atoms with Gasteiger partial charge in [-0.05, 0) is 52.1 Å². The summed E-state index contributed by atoms with van der Waals surface area (Å²) in [5, 5.41) is 4.91. The number of hydrogen-bond acceptors (Lipinski definition) is 4. The highest BCUT2D eigenvalue weighted by Gasteiger charge is 2.25. The van der Waals surface area contributed by atoms with Gasteiger partial charge in [0.25, 0.3) is 0 Å². The summed E-state index contributed by atoms with van der Waals surface area (Å²) in [4.78, 5) is 9.20. The standard InChI is InChI=1S/C16H22N2S2/c1-4-8-17-13-6-5-7-14-15(13)20-16(18-14)12-9-10(2)19-11(12)3/h9,13,17H,4-8H2,1-3H3. The van der Waals surface area contributed by atoms with Crippen LogP contribution in [0.15, 0.2) is 6.07 Å². The fourth-order valence-corrected chi connectivity index (χ4v) is 5.18. The Hall–Kier alpha value is -0.710. The molecule has 1 N–H and O–H groups in total. The van der Waals surface area contributed by atoms with Crippen molar-refractivity contribution in [3.8, 4) is 10.6 Å². The van der Waals surface area contributed by atoms with Crippen molar-refractivity contribution < 1.29 is 0 Å². The maximum Gasteiger partial charge on any atom is 0.125 e. The van der Waals surface area contributed by atoms with Gasteiger partial charge in [-0.3, -0.25) is 0 Å². The summed E-state index contributed by atoms with van der Waals surface area (Å²) >= 11 is 3.78. The first kappa shape index (κ1) is 14.2. The highest BCUT2D eigenvalue weighted by molar-refractivity contribution is 7.16. The summed E-state index contributed by atoms with van der Waals surface area (Å²) < 4.78 is 0. The maximum atomic E-state index is 4.94. The van der Waals surface area contributed by atoms with Crippen molar-refractivity contribution in [2.45, 2.75) is 52.5 Å². The molecule has 0 aliphatic heterocycles. The zero-order valence-electron chi connectivity index (χ0n) is 12.5. The molecule has 4 heteroatoms. The van der Waals surface area contributed by atoms with E-state index in [1.807, 2.05) is 22.7 Å². The van der Waals surface area contributed by atoms with Crippen molar-refractivity contribution in [2.75, 3.05) is 6.54 Å². The number of thiophene rings is 1. The summed E-state index contributed by atoms with van der Waals surface area (Å²) in [6, 6.07) is 2.82. The Kier molecular flexibility index (Phi) is 4.24. The number of thiazole rings is 1. The molecule has 0 fully saturated rings. The van der Waals surface area contributed by atoms with Gasteiger partial charge in [0.1, 0.15) is 5.01 Å². The lowest BCUT2D eigenvalue weighted by Gasteiger charge is -2.22. The number of aryl methyl sites for hydroxylation is 3. The molecule has 0 spiro atoms. The quantitative estimate of drug-likeness (QED) is 0.872. The van der Waals surface area contributed by atoms with Crippen LogP contribution in [0, 0.1) is 13.8 Å². The van der Waals surface area contributed by atoms with Crippen LogP contribution >= 0.6 is 22.7 Å². The molecule has 0 aromatic carbocycles. The maximum absolute atomic E-state index is 4.94. The van der Waals surface area contributed by atoms with E-state index in [2.05, 4.69) is 32.2 Å². The Morgan fingerprint density at radius 3 is 2.90 bits per heavy atom. The summed E-state index contributed by atoms with van der Waals surface area (Å²) in [6.45, 7) is 7.72. The van der Waals surface area contributed by atoms with Crippen LogP contribution in [0.3, 0.4) is 0 Å². The van der Waals surface area contributed by atoms with Gasteiger partial charge in [-0.15, -0.1) is 22.7 Å². The largest absolute Gasteiger partial charge is 0.309 e. The van der Waals surface area contributed by atoms with Gasteiger partial charge in [-0.1, -0.05) is 6.92 Å². The van der Waals surface area contributed by atoms with E-state index in [-0.39, 0.29) is 0 Å². The first-order valence-corrected chi connectivity index (χ1v) is 9.12. The number of nitrogens with one attached hydrogen (secondary N) is 1. The molecule has 2 heterocycles. The van der Waals surface area contributed by atoms with Gasteiger partial charge >= 0.3 is 0 Å². The molecule has 0 bridgehead atoms. The van der Waals surface area contributed by atoms with Gasteiger partial charge in [0.2, 0.25) is 0 Å². The molecule has 0 saturated carbocycles. The molecule has 108 valence electrons. The lowest BCUT2D eigenvalue weighted by Crippen LogP contribution is -2.24. The van der Waals surface area contributed by atoms with Crippen LogP contribution in [0.4, 0.5) is 0 Å². The molecule has 0 amide bonds. The second-order valence-electron chi connectivity index (χ2n) is 5.56. The van der Waals surface area contributed by atoms with Crippen LogP contribution in [0.25, 0.3) is 10.6 Å². The van der Waals surface area contributed by atoms with Crippen LogP contribution < -0.4 is 5.32 Å². The SMILES string of the molecule is CCCNC1CCCc2nc(-c3cc(C)sc3C)sc21. The topological polar surface area (TPSA) is 24.9 Å². The second-order valence-corrected chi connectivity index (χ2v) is 8.05. The van der Waals surface area contributed by atoms with Gasteiger partial charge in [0.05, 0.1) is 5.69 Å². The van der Waals surface area contributed by atoms with Crippen LogP contribution in [0.2, 0.25) is 0 Å². The van der Waals surface area contributed by atoms with E-state index in [9.17, 15) is 0 Å². The predicted octanol–water partition coefficient (Wildman–Crippen LogP) is 4.87. The zero-order valence-corrected chi connectivity index (χ0v) is 14.1. The normalized spacial score (nSPS) is 18.2. The Balaban J connectivity index is 1.93. The highest BCUT2D eigenvalue weighted by Crippen LogP contribution is 2.40. The highest BCUT2D eigenvalue weighted by atomic mass is 32.1. The van der Waals surface area contributed by atoms with E-state index in [4.69, 9.17) is 4.98 Å². The summed E-state index contributed by atoms with van der Waals surface area (Å²) in [5.41, 5.74) is 2.69. The van der Waals surface area contributed by atoms with Gasteiger partial charge in [-0.25, -0.2) is 4.98 Å². The van der Waals surface area contributed by atoms with E-state index in [0.29, 0.717) is 6.04 Å². The van der Waals surface area contributed by atoms with E-state index in [1.165, 1.54) is 50.2 Å². The Labute approximate surface area is 129 Å². The molecular formula is C16H22N2S2. The Morgan fingerprint density at radius 1 is 1.35 bits per heavy atom. The number of fused-ring (bicyclic) bond motifs is 1. The Morgan fingerprint density at radius 2 is 2.20 bits per heavy atom. The van der Waals surface area contributed by atoms with E-state index >= 15 is 0 Å². The fraction of sp³-hybridized carbons (Fsp3) is 0.562. The Bertz CT molecular complexity index is 598. The third kappa shape index (κ3) is 2.69. The van der Waals surface area contributed by atoms with Gasteiger partial charge in [0, 0.05) is 26.2 Å². The van der Waals surface area contributed by atoms with Crippen molar-refractivity contribution >= 4 is 22.7 Å². The van der Waals surface area contributed by atoms with Gasteiger partial charge in [0.15, 0.2) is 0 Å². The van der Waals surface area contributed by atoms with Crippen molar-refractivity contribution in [3.05, 3.63) is 26.4 Å². The number of rotatable bonds is 4. The van der Waals surface area contributed by atoms with Crippen molar-refractivity contribution in [2.24, 2.45) is 0 Å². The first-order valence-electron chi connectivity index (χ1n) is 7.49. The number of hydrogen-bond donors (Lipinski definition) is 1. The molecular weight excluding hydrogens is 284 g/mol. The molecule has 1 unspecified atom stereocenters. The average Bonchev–Trinajstić information content (AvgIpc) is 2.99. The molecule has 0 saturated heterocycles. The van der Waals surface area contributed by atoms with Crippen LogP contribution in [-0.2, 0) is 6.42 Å². The molecule has 1 aliphatic carbocycles. The molecule has 1 aliphatic rings. The minimum atomic E-state index is 0.532. The molecule has 2 aromatic rings. The predicted molar refractivity (Wildman–Crippen MR) is 88.9 cm³/mol. The molecule has 3 rings (SSSR count). The second kappa shape index (κ2) is 5.96. The monoisotopic (exact) mass is 306 g/mol. The lowest BCUT2D eigenvalue weighted by molar-refractivity contribution is 0.465. The van der Waals surface area contributed by atoms with E-state index in [0.717, 1.165) is 13.0 Å². The minimum Gasteiger partial charge on any atom is -0.309 e. The lowest BCUT2D eigenvalue weighted by atomic mass is 9.98. The molecule has 2 aromatic heterocycles. The minimum absolute atomic E-state index is 0.532. The zero-order chi connectivity index (χ0) is 14.1.